The summed E-state index contributed by atoms with van der Waals surface area (Å²) in [5.74, 6) is 0.721. The van der Waals surface area contributed by atoms with Crippen LogP contribution in [0.15, 0.2) is 47.5 Å². The highest BCUT2D eigenvalue weighted by Gasteiger charge is 2.24. The smallest absolute Gasteiger partial charge is 0.255 e. The van der Waals surface area contributed by atoms with Crippen LogP contribution in [0.3, 0.4) is 0 Å². The summed E-state index contributed by atoms with van der Waals surface area (Å²) in [5, 5.41) is 14.7. The minimum atomic E-state index is -0.965. The highest BCUT2D eigenvalue weighted by atomic mass is 16.3. The molecule has 9 heteroatoms. The Labute approximate surface area is 196 Å². The fraction of sp³-hybridized carbons (Fsp3) is 0.320. The molecule has 0 atom stereocenters. The van der Waals surface area contributed by atoms with Gasteiger partial charge in [-0.1, -0.05) is 24.3 Å². The molecule has 0 saturated carbocycles. The van der Waals surface area contributed by atoms with Gasteiger partial charge in [0.05, 0.1) is 47.5 Å². The number of hydrogen-bond donors (Lipinski definition) is 2. The number of benzene rings is 1. The Balaban J connectivity index is 1.47. The molecule has 0 spiro atoms. The van der Waals surface area contributed by atoms with Crippen molar-refractivity contribution in [3.05, 3.63) is 86.9 Å². The molecule has 5 rings (SSSR count). The van der Waals surface area contributed by atoms with Crippen LogP contribution in [0.25, 0.3) is 5.65 Å². The van der Waals surface area contributed by atoms with Crippen molar-refractivity contribution < 1.29 is 9.90 Å². The van der Waals surface area contributed by atoms with E-state index in [0.717, 1.165) is 22.8 Å². The van der Waals surface area contributed by atoms with Crippen LogP contribution in [0.1, 0.15) is 52.4 Å². The quantitative estimate of drug-likeness (QED) is 0.441. The van der Waals surface area contributed by atoms with Gasteiger partial charge in [0, 0.05) is 30.7 Å². The Bertz CT molecular complexity index is 1450. The highest BCUT2D eigenvalue weighted by molar-refractivity contribution is 5.97. The first kappa shape index (κ1) is 22.0. The molecule has 1 aromatic carbocycles. The van der Waals surface area contributed by atoms with Crippen LogP contribution in [0.4, 0.5) is 5.82 Å². The van der Waals surface area contributed by atoms with Gasteiger partial charge in [-0.2, -0.15) is 9.61 Å². The largest absolute Gasteiger partial charge is 0.386 e. The maximum atomic E-state index is 13.0. The van der Waals surface area contributed by atoms with Crippen molar-refractivity contribution in [3.63, 3.8) is 0 Å². The van der Waals surface area contributed by atoms with Gasteiger partial charge in [-0.05, 0) is 26.3 Å². The average Bonchev–Trinajstić information content (AvgIpc) is 3.18. The first-order chi connectivity index (χ1) is 16.2. The van der Waals surface area contributed by atoms with E-state index in [4.69, 9.17) is 0 Å². The second kappa shape index (κ2) is 8.18. The van der Waals surface area contributed by atoms with Gasteiger partial charge in [0.25, 0.3) is 5.56 Å². The molecule has 34 heavy (non-hydrogen) atoms. The number of aryl methyl sites for hydroxylation is 1. The molecule has 0 aliphatic carbocycles. The fourth-order valence-electron chi connectivity index (χ4n) is 4.32. The molecule has 0 bridgehead atoms. The molecule has 1 aliphatic rings. The van der Waals surface area contributed by atoms with Crippen molar-refractivity contribution in [2.24, 2.45) is 0 Å². The lowest BCUT2D eigenvalue weighted by Crippen LogP contribution is -2.36. The first-order valence-electron chi connectivity index (χ1n) is 11.2. The second-order valence-corrected chi connectivity index (χ2v) is 9.23. The van der Waals surface area contributed by atoms with E-state index in [-0.39, 0.29) is 17.8 Å². The topological polar surface area (TPSA) is 116 Å². The number of nitrogens with zero attached hydrogens (tertiary/aromatic N) is 5. The van der Waals surface area contributed by atoms with Crippen LogP contribution in [0.2, 0.25) is 0 Å². The Hall–Kier alpha value is -3.85. The van der Waals surface area contributed by atoms with E-state index in [2.05, 4.69) is 25.0 Å². The number of aliphatic hydroxyl groups is 1. The maximum absolute atomic E-state index is 13.0. The molecule has 1 aliphatic heterocycles. The molecule has 0 amide bonds. The van der Waals surface area contributed by atoms with Crippen molar-refractivity contribution in [2.45, 2.75) is 45.8 Å². The normalized spacial score (nSPS) is 13.8. The number of H-pyrrole nitrogens is 1. The number of carbonyl (C=O) groups excluding carboxylic acids is 1. The summed E-state index contributed by atoms with van der Waals surface area (Å²) in [6.45, 7) is 6.39. The lowest BCUT2D eigenvalue weighted by atomic mass is 9.96. The van der Waals surface area contributed by atoms with Crippen LogP contribution in [0, 0.1) is 6.92 Å². The van der Waals surface area contributed by atoms with Gasteiger partial charge in [-0.15, -0.1) is 0 Å². The summed E-state index contributed by atoms with van der Waals surface area (Å²) < 4.78 is 1.76. The minimum absolute atomic E-state index is 0.0639. The molecule has 0 unspecified atom stereocenters. The zero-order valence-electron chi connectivity index (χ0n) is 19.4. The molecule has 0 fully saturated rings. The summed E-state index contributed by atoms with van der Waals surface area (Å²) in [6.07, 6.45) is 2.21. The molecule has 4 aromatic rings. The highest BCUT2D eigenvalue weighted by Crippen LogP contribution is 2.25. The van der Waals surface area contributed by atoms with Crippen LogP contribution >= 0.6 is 0 Å². The predicted octanol–water partition coefficient (Wildman–Crippen LogP) is 2.34. The van der Waals surface area contributed by atoms with Crippen LogP contribution in [-0.4, -0.2) is 42.0 Å². The third-order valence-electron chi connectivity index (χ3n) is 6.17. The molecule has 4 heterocycles. The summed E-state index contributed by atoms with van der Waals surface area (Å²) in [6, 6.07) is 10.8. The number of hydrogen-bond acceptors (Lipinski definition) is 7. The number of anilines is 1. The van der Waals surface area contributed by atoms with E-state index in [1.807, 2.05) is 19.1 Å². The average molecular weight is 459 g/mol. The van der Waals surface area contributed by atoms with Gasteiger partial charge in [0.1, 0.15) is 5.82 Å². The number of aromatic nitrogens is 5. The van der Waals surface area contributed by atoms with Gasteiger partial charge < -0.3 is 15.0 Å². The van der Waals surface area contributed by atoms with Crippen molar-refractivity contribution in [3.8, 4) is 0 Å². The Kier molecular flexibility index (Phi) is 5.28. The van der Waals surface area contributed by atoms with E-state index in [0.29, 0.717) is 42.0 Å². The van der Waals surface area contributed by atoms with Crippen molar-refractivity contribution in [1.82, 2.24) is 24.6 Å². The SMILES string of the molecule is Cc1cc2nc(CC(=O)c3ccc(C(C)(C)O)cc3)cc(N3CCc4nc[nH]c(=O)c4C3)n2n1. The van der Waals surface area contributed by atoms with E-state index in [1.54, 1.807) is 42.6 Å². The number of carbonyl (C=O) groups is 1. The third kappa shape index (κ3) is 4.10. The fourth-order valence-corrected chi connectivity index (χ4v) is 4.32. The van der Waals surface area contributed by atoms with E-state index >= 15 is 0 Å². The molecule has 9 nitrogen and oxygen atoms in total. The Morgan fingerprint density at radius 3 is 2.71 bits per heavy atom. The minimum Gasteiger partial charge on any atom is -0.386 e. The summed E-state index contributed by atoms with van der Waals surface area (Å²) in [7, 11) is 0. The van der Waals surface area contributed by atoms with Crippen molar-refractivity contribution in [2.75, 3.05) is 11.4 Å². The Morgan fingerprint density at radius 2 is 1.97 bits per heavy atom. The monoisotopic (exact) mass is 458 g/mol. The lowest BCUT2D eigenvalue weighted by molar-refractivity contribution is 0.0784. The Morgan fingerprint density at radius 1 is 1.21 bits per heavy atom. The summed E-state index contributed by atoms with van der Waals surface area (Å²) in [5.41, 5.74) is 3.76. The molecular weight excluding hydrogens is 432 g/mol. The van der Waals surface area contributed by atoms with E-state index < -0.39 is 5.60 Å². The van der Waals surface area contributed by atoms with Gasteiger partial charge in [-0.25, -0.2) is 9.97 Å². The molecular formula is C25H26N6O3. The third-order valence-corrected chi connectivity index (χ3v) is 6.17. The summed E-state index contributed by atoms with van der Waals surface area (Å²) in [4.78, 5) is 39.1. The number of nitrogens with one attached hydrogen (secondary N) is 1. The first-order valence-corrected chi connectivity index (χ1v) is 11.2. The van der Waals surface area contributed by atoms with Crippen molar-refractivity contribution >= 4 is 17.2 Å². The lowest BCUT2D eigenvalue weighted by Gasteiger charge is -2.29. The maximum Gasteiger partial charge on any atom is 0.255 e. The number of aromatic amines is 1. The molecule has 2 N–H and O–H groups in total. The van der Waals surface area contributed by atoms with Crippen LogP contribution < -0.4 is 10.5 Å². The van der Waals surface area contributed by atoms with E-state index in [9.17, 15) is 14.7 Å². The number of rotatable bonds is 5. The van der Waals surface area contributed by atoms with E-state index in [1.165, 1.54) is 6.33 Å². The second-order valence-electron chi connectivity index (χ2n) is 9.23. The zero-order chi connectivity index (χ0) is 24.0. The number of fused-ring (bicyclic) bond motifs is 2. The van der Waals surface area contributed by atoms with Crippen LogP contribution in [0.5, 0.6) is 0 Å². The molecule has 3 aromatic heterocycles. The molecule has 0 saturated heterocycles. The number of Topliss-reactive ketones (excluding diaryl/α,β-unsaturated/α-hetero) is 1. The summed E-state index contributed by atoms with van der Waals surface area (Å²) >= 11 is 0. The van der Waals surface area contributed by atoms with Gasteiger partial charge >= 0.3 is 0 Å². The van der Waals surface area contributed by atoms with Gasteiger partial charge in [0.15, 0.2) is 11.4 Å². The van der Waals surface area contributed by atoms with Gasteiger partial charge in [0.2, 0.25) is 0 Å². The standard InChI is InChI=1S/C25H26N6O3/c1-15-10-22-28-18(11-21(32)16-4-6-17(7-5-16)25(2,3)34)12-23(31(22)29-15)30-9-8-20-19(13-30)24(33)27-14-26-20/h4-7,10,12,14,34H,8-9,11,13H2,1-3H3,(H,26,27,33). The van der Waals surface area contributed by atoms with Crippen molar-refractivity contribution in [1.29, 1.82) is 0 Å². The number of ketones is 1. The zero-order valence-corrected chi connectivity index (χ0v) is 19.4. The van der Waals surface area contributed by atoms with Gasteiger partial charge in [-0.3, -0.25) is 9.59 Å². The van der Waals surface area contributed by atoms with Crippen LogP contribution in [-0.2, 0) is 25.0 Å². The molecule has 174 valence electrons. The predicted molar refractivity (Wildman–Crippen MR) is 127 cm³/mol. The molecule has 0 radical (unpaired) electrons.